The van der Waals surface area contributed by atoms with E-state index in [0.717, 1.165) is 29.7 Å². The number of nitrogens with zero attached hydrogens (tertiary/aromatic N) is 3. The smallest absolute Gasteiger partial charge is 0.282 e. The summed E-state index contributed by atoms with van der Waals surface area (Å²) < 4.78 is 17.3. The zero-order valence-electron chi connectivity index (χ0n) is 16.0. The van der Waals surface area contributed by atoms with Gasteiger partial charge in [-0.2, -0.15) is 9.78 Å². The minimum absolute atomic E-state index is 0.139. The maximum absolute atomic E-state index is 13.0. The zero-order valence-corrected chi connectivity index (χ0v) is 16.8. The minimum Gasteiger partial charge on any atom is -0.496 e. The Bertz CT molecular complexity index is 1120. The number of methoxy groups -OCH3 is 3. The molecule has 0 atom stereocenters. The van der Waals surface area contributed by atoms with Crippen molar-refractivity contribution in [3.05, 3.63) is 44.8 Å². The Kier molecular flexibility index (Phi) is 5.04. The van der Waals surface area contributed by atoms with Crippen molar-refractivity contribution >= 4 is 27.8 Å². The SMILES string of the molecule is COc1cc(OC)c(OC)cc1/C=N\n1cnc2sc3c(c2c1=O)CCCC3. The van der Waals surface area contributed by atoms with Gasteiger partial charge in [0.2, 0.25) is 0 Å². The number of benzene rings is 1. The predicted octanol–water partition coefficient (Wildman–Crippen LogP) is 3.24. The van der Waals surface area contributed by atoms with Gasteiger partial charge in [-0.05, 0) is 37.3 Å². The number of aryl methyl sites for hydroxylation is 2. The van der Waals surface area contributed by atoms with Crippen molar-refractivity contribution in [3.63, 3.8) is 0 Å². The van der Waals surface area contributed by atoms with E-state index in [9.17, 15) is 4.79 Å². The molecule has 146 valence electrons. The number of thiophene rings is 1. The van der Waals surface area contributed by atoms with Crippen molar-refractivity contribution in [1.29, 1.82) is 0 Å². The first-order valence-corrected chi connectivity index (χ1v) is 9.84. The van der Waals surface area contributed by atoms with Gasteiger partial charge in [0.25, 0.3) is 5.56 Å². The molecule has 4 rings (SSSR count). The highest BCUT2D eigenvalue weighted by Crippen LogP contribution is 2.34. The standard InChI is InChI=1S/C20H21N3O4S/c1-25-14-9-16(27-3)15(26-2)8-12(14)10-22-23-11-21-19-18(20(23)24)13-6-4-5-7-17(13)28-19/h8-11H,4-7H2,1-3H3/b22-10-. The first-order chi connectivity index (χ1) is 13.7. The summed E-state index contributed by atoms with van der Waals surface area (Å²) in [7, 11) is 4.69. The van der Waals surface area contributed by atoms with Crippen molar-refractivity contribution in [2.24, 2.45) is 5.10 Å². The van der Waals surface area contributed by atoms with Gasteiger partial charge in [-0.3, -0.25) is 4.79 Å². The predicted molar refractivity (Wildman–Crippen MR) is 110 cm³/mol. The van der Waals surface area contributed by atoms with E-state index in [2.05, 4.69) is 10.1 Å². The Morgan fingerprint density at radius 2 is 1.79 bits per heavy atom. The minimum atomic E-state index is -0.139. The summed E-state index contributed by atoms with van der Waals surface area (Å²) in [6.45, 7) is 0. The molecule has 2 heterocycles. The van der Waals surface area contributed by atoms with Gasteiger partial charge in [0.15, 0.2) is 11.5 Å². The Hall–Kier alpha value is -2.87. The molecule has 1 aromatic carbocycles. The highest BCUT2D eigenvalue weighted by atomic mass is 32.1. The van der Waals surface area contributed by atoms with Crippen molar-refractivity contribution < 1.29 is 14.2 Å². The summed E-state index contributed by atoms with van der Waals surface area (Å²) in [5.74, 6) is 1.68. The van der Waals surface area contributed by atoms with E-state index in [1.54, 1.807) is 51.0 Å². The fourth-order valence-corrected chi connectivity index (χ4v) is 4.72. The maximum Gasteiger partial charge on any atom is 0.282 e. The van der Waals surface area contributed by atoms with Crippen LogP contribution in [-0.4, -0.2) is 37.2 Å². The molecule has 0 saturated carbocycles. The summed E-state index contributed by atoms with van der Waals surface area (Å²) >= 11 is 1.63. The van der Waals surface area contributed by atoms with Crippen LogP contribution in [0.25, 0.3) is 10.2 Å². The molecule has 8 heteroatoms. The van der Waals surface area contributed by atoms with Crippen LogP contribution in [0.3, 0.4) is 0 Å². The van der Waals surface area contributed by atoms with Crippen LogP contribution in [-0.2, 0) is 12.8 Å². The monoisotopic (exact) mass is 399 g/mol. The van der Waals surface area contributed by atoms with Crippen LogP contribution < -0.4 is 19.8 Å². The van der Waals surface area contributed by atoms with E-state index in [-0.39, 0.29) is 5.56 Å². The number of aromatic nitrogens is 2. The summed E-state index contributed by atoms with van der Waals surface area (Å²) in [5.41, 5.74) is 1.68. The quantitative estimate of drug-likeness (QED) is 0.616. The molecule has 0 spiro atoms. The maximum atomic E-state index is 13.0. The molecule has 7 nitrogen and oxygen atoms in total. The van der Waals surface area contributed by atoms with Gasteiger partial charge in [-0.1, -0.05) is 0 Å². The molecule has 0 saturated heterocycles. The first-order valence-electron chi connectivity index (χ1n) is 9.02. The van der Waals surface area contributed by atoms with Gasteiger partial charge in [0.05, 0.1) is 32.9 Å². The lowest BCUT2D eigenvalue weighted by Crippen LogP contribution is -2.18. The van der Waals surface area contributed by atoms with Crippen molar-refractivity contribution in [2.75, 3.05) is 21.3 Å². The fourth-order valence-electron chi connectivity index (χ4n) is 3.50. The summed E-state index contributed by atoms with van der Waals surface area (Å²) in [5, 5.41) is 5.05. The molecule has 0 amide bonds. The molecule has 2 aromatic heterocycles. The van der Waals surface area contributed by atoms with Crippen LogP contribution in [0, 0.1) is 0 Å². The molecule has 0 bridgehead atoms. The number of rotatable bonds is 5. The first kappa shape index (κ1) is 18.5. The molecule has 3 aromatic rings. The van der Waals surface area contributed by atoms with Crippen molar-refractivity contribution in [3.8, 4) is 17.2 Å². The molecule has 0 fully saturated rings. The molecule has 1 aliphatic rings. The number of ether oxygens (including phenoxy) is 3. The second kappa shape index (κ2) is 7.63. The highest BCUT2D eigenvalue weighted by Gasteiger charge is 2.20. The van der Waals surface area contributed by atoms with Gasteiger partial charge in [0, 0.05) is 16.5 Å². The molecular formula is C20H21N3O4S. The lowest BCUT2D eigenvalue weighted by molar-refractivity contribution is 0.349. The van der Waals surface area contributed by atoms with Gasteiger partial charge < -0.3 is 14.2 Å². The Morgan fingerprint density at radius 3 is 2.54 bits per heavy atom. The number of hydrogen-bond donors (Lipinski definition) is 0. The molecule has 0 aliphatic heterocycles. The van der Waals surface area contributed by atoms with Gasteiger partial charge in [0.1, 0.15) is 16.9 Å². The van der Waals surface area contributed by atoms with Gasteiger partial charge in [-0.25, -0.2) is 4.98 Å². The Labute approximate surface area is 166 Å². The Morgan fingerprint density at radius 1 is 1.07 bits per heavy atom. The van der Waals surface area contributed by atoms with Gasteiger partial charge >= 0.3 is 0 Å². The summed E-state index contributed by atoms with van der Waals surface area (Å²) in [4.78, 5) is 19.5. The second-order valence-electron chi connectivity index (χ2n) is 6.48. The van der Waals surface area contributed by atoms with Crippen LogP contribution in [0.15, 0.2) is 28.4 Å². The van der Waals surface area contributed by atoms with E-state index in [1.165, 1.54) is 22.3 Å². The third kappa shape index (κ3) is 3.13. The molecule has 0 radical (unpaired) electrons. The van der Waals surface area contributed by atoms with Crippen molar-refractivity contribution in [2.45, 2.75) is 25.7 Å². The van der Waals surface area contributed by atoms with E-state index in [0.29, 0.717) is 28.2 Å². The van der Waals surface area contributed by atoms with Crippen LogP contribution in [0.5, 0.6) is 17.2 Å². The number of hydrogen-bond acceptors (Lipinski definition) is 7. The lowest BCUT2D eigenvalue weighted by atomic mass is 9.97. The normalized spacial score (nSPS) is 13.7. The lowest BCUT2D eigenvalue weighted by Gasteiger charge is -2.11. The van der Waals surface area contributed by atoms with E-state index < -0.39 is 0 Å². The molecular weight excluding hydrogens is 378 g/mol. The van der Waals surface area contributed by atoms with Crippen molar-refractivity contribution in [1.82, 2.24) is 9.66 Å². The molecule has 1 aliphatic carbocycles. The van der Waals surface area contributed by atoms with Gasteiger partial charge in [-0.15, -0.1) is 11.3 Å². The van der Waals surface area contributed by atoms with Crippen LogP contribution in [0.4, 0.5) is 0 Å². The zero-order chi connectivity index (χ0) is 19.7. The fraction of sp³-hybridized carbons (Fsp3) is 0.350. The van der Waals surface area contributed by atoms with Crippen LogP contribution >= 0.6 is 11.3 Å². The topological polar surface area (TPSA) is 74.9 Å². The molecule has 28 heavy (non-hydrogen) atoms. The van der Waals surface area contributed by atoms with E-state index >= 15 is 0 Å². The molecule has 0 N–H and O–H groups in total. The molecule has 0 unspecified atom stereocenters. The third-order valence-electron chi connectivity index (χ3n) is 4.92. The van der Waals surface area contributed by atoms with Crippen LogP contribution in [0.2, 0.25) is 0 Å². The summed E-state index contributed by atoms with van der Waals surface area (Å²) in [6, 6.07) is 3.48. The summed E-state index contributed by atoms with van der Waals surface area (Å²) in [6.07, 6.45) is 7.28. The average Bonchev–Trinajstić information content (AvgIpc) is 3.12. The second-order valence-corrected chi connectivity index (χ2v) is 7.56. The number of fused-ring (bicyclic) bond motifs is 3. The highest BCUT2D eigenvalue weighted by molar-refractivity contribution is 7.18. The average molecular weight is 399 g/mol. The van der Waals surface area contributed by atoms with Crippen LogP contribution in [0.1, 0.15) is 28.8 Å². The third-order valence-corrected chi connectivity index (χ3v) is 6.12. The van der Waals surface area contributed by atoms with E-state index in [1.807, 2.05) is 0 Å². The largest absolute Gasteiger partial charge is 0.496 e. The van der Waals surface area contributed by atoms with E-state index in [4.69, 9.17) is 14.2 Å². The Balaban J connectivity index is 1.77.